The van der Waals surface area contributed by atoms with Crippen LogP contribution in [-0.2, 0) is 13.1 Å². The Morgan fingerprint density at radius 1 is 1.10 bits per heavy atom. The van der Waals surface area contributed by atoms with Crippen LogP contribution >= 0.6 is 0 Å². The van der Waals surface area contributed by atoms with Crippen LogP contribution in [0.2, 0.25) is 0 Å². The molecule has 1 fully saturated rings. The minimum Gasteiger partial charge on any atom is -0.317 e. The maximum atomic E-state index is 14.4. The standard InChI is InChI=1S/C24H29FN4/c1-2-28-14-6-9-21(28)18-27(17-20-8-5-13-26-16-20)19-22-10-7-15-29(22)24-12-4-3-11-23(24)25/h3-5,7-8,10-13,15-16,21H,2,6,9,14,17-19H2,1H3. The van der Waals surface area contributed by atoms with E-state index < -0.39 is 0 Å². The second-order valence-electron chi connectivity index (χ2n) is 7.78. The van der Waals surface area contributed by atoms with Crippen molar-refractivity contribution in [1.82, 2.24) is 19.4 Å². The number of likely N-dealkylation sites (tertiary alicyclic amines) is 1. The first-order valence-electron chi connectivity index (χ1n) is 10.5. The number of hydrogen-bond donors (Lipinski definition) is 0. The molecule has 1 aromatic carbocycles. The van der Waals surface area contributed by atoms with Crippen molar-refractivity contribution in [1.29, 1.82) is 0 Å². The Balaban J connectivity index is 1.57. The number of likely N-dealkylation sites (N-methyl/N-ethyl adjacent to an activating group) is 1. The van der Waals surface area contributed by atoms with Crippen molar-refractivity contribution in [2.75, 3.05) is 19.6 Å². The molecule has 0 aliphatic carbocycles. The molecule has 1 unspecified atom stereocenters. The average molecular weight is 393 g/mol. The Kier molecular flexibility index (Phi) is 6.37. The first-order valence-corrected chi connectivity index (χ1v) is 10.5. The molecule has 0 radical (unpaired) electrons. The van der Waals surface area contributed by atoms with Gasteiger partial charge in [0, 0.05) is 50.0 Å². The van der Waals surface area contributed by atoms with Crippen LogP contribution in [0, 0.1) is 5.82 Å². The SMILES string of the molecule is CCN1CCCC1CN(Cc1cccnc1)Cc1cccn1-c1ccccc1F. The van der Waals surface area contributed by atoms with Gasteiger partial charge in [-0.3, -0.25) is 14.8 Å². The molecule has 5 heteroatoms. The molecule has 29 heavy (non-hydrogen) atoms. The van der Waals surface area contributed by atoms with Gasteiger partial charge in [0.25, 0.3) is 0 Å². The van der Waals surface area contributed by atoms with Crippen LogP contribution in [-0.4, -0.2) is 45.0 Å². The Morgan fingerprint density at radius 3 is 2.79 bits per heavy atom. The van der Waals surface area contributed by atoms with Gasteiger partial charge in [-0.15, -0.1) is 0 Å². The zero-order valence-electron chi connectivity index (χ0n) is 17.0. The molecule has 3 aromatic rings. The molecule has 0 saturated carbocycles. The van der Waals surface area contributed by atoms with Gasteiger partial charge in [0.1, 0.15) is 5.82 Å². The van der Waals surface area contributed by atoms with Gasteiger partial charge < -0.3 is 4.57 Å². The maximum Gasteiger partial charge on any atom is 0.147 e. The van der Waals surface area contributed by atoms with Gasteiger partial charge >= 0.3 is 0 Å². The normalized spacial score (nSPS) is 17.3. The van der Waals surface area contributed by atoms with Crippen molar-refractivity contribution in [2.45, 2.75) is 38.9 Å². The third-order valence-electron chi connectivity index (χ3n) is 5.83. The Bertz CT molecular complexity index is 908. The monoisotopic (exact) mass is 392 g/mol. The largest absolute Gasteiger partial charge is 0.317 e. The number of pyridine rings is 1. The number of para-hydroxylation sites is 1. The lowest BCUT2D eigenvalue weighted by atomic mass is 10.1. The van der Waals surface area contributed by atoms with Crippen molar-refractivity contribution in [3.63, 3.8) is 0 Å². The summed E-state index contributed by atoms with van der Waals surface area (Å²) in [6, 6.07) is 15.8. The van der Waals surface area contributed by atoms with Gasteiger partial charge in [0.05, 0.1) is 5.69 Å². The maximum absolute atomic E-state index is 14.4. The smallest absolute Gasteiger partial charge is 0.147 e. The minimum absolute atomic E-state index is 0.197. The third kappa shape index (κ3) is 4.74. The molecule has 0 N–H and O–H groups in total. The second-order valence-corrected chi connectivity index (χ2v) is 7.78. The molecule has 0 spiro atoms. The highest BCUT2D eigenvalue weighted by molar-refractivity contribution is 5.36. The summed E-state index contributed by atoms with van der Waals surface area (Å²) >= 11 is 0. The van der Waals surface area contributed by atoms with E-state index in [9.17, 15) is 4.39 Å². The lowest BCUT2D eigenvalue weighted by Gasteiger charge is -2.30. The highest BCUT2D eigenvalue weighted by Gasteiger charge is 2.25. The summed E-state index contributed by atoms with van der Waals surface area (Å²) in [4.78, 5) is 9.33. The van der Waals surface area contributed by atoms with E-state index >= 15 is 0 Å². The molecule has 0 amide bonds. The van der Waals surface area contributed by atoms with E-state index in [2.05, 4.69) is 33.8 Å². The molecule has 152 valence electrons. The van der Waals surface area contributed by atoms with Crippen LogP contribution in [0.25, 0.3) is 5.69 Å². The van der Waals surface area contributed by atoms with E-state index in [1.165, 1.54) is 31.0 Å². The first kappa shape index (κ1) is 19.8. The molecule has 4 rings (SSSR count). The molecule has 1 atom stereocenters. The molecule has 2 aromatic heterocycles. The van der Waals surface area contributed by atoms with E-state index in [-0.39, 0.29) is 5.82 Å². The van der Waals surface area contributed by atoms with Crippen LogP contribution in [0.3, 0.4) is 0 Å². The molecule has 0 bridgehead atoms. The summed E-state index contributed by atoms with van der Waals surface area (Å²) in [5.41, 5.74) is 2.91. The molecule has 1 aliphatic rings. The zero-order chi connectivity index (χ0) is 20.1. The van der Waals surface area contributed by atoms with E-state index in [4.69, 9.17) is 0 Å². The Labute approximate surface area is 172 Å². The second kappa shape index (κ2) is 9.33. The average Bonchev–Trinajstić information content (AvgIpc) is 3.38. The summed E-state index contributed by atoms with van der Waals surface area (Å²) < 4.78 is 16.4. The lowest BCUT2D eigenvalue weighted by Crippen LogP contribution is -2.40. The van der Waals surface area contributed by atoms with Gasteiger partial charge in [0.2, 0.25) is 0 Å². The van der Waals surface area contributed by atoms with Crippen molar-refractivity contribution >= 4 is 0 Å². The number of nitrogens with zero attached hydrogens (tertiary/aromatic N) is 4. The molecule has 1 aliphatic heterocycles. The van der Waals surface area contributed by atoms with E-state index in [1.54, 1.807) is 6.07 Å². The highest BCUT2D eigenvalue weighted by atomic mass is 19.1. The Hall–Kier alpha value is -2.50. The summed E-state index contributed by atoms with van der Waals surface area (Å²) in [5, 5.41) is 0. The minimum atomic E-state index is -0.197. The molecular formula is C24H29FN4. The van der Waals surface area contributed by atoms with Crippen molar-refractivity contribution in [3.8, 4) is 5.69 Å². The lowest BCUT2D eigenvalue weighted by molar-refractivity contribution is 0.164. The number of benzene rings is 1. The fourth-order valence-corrected chi connectivity index (χ4v) is 4.41. The van der Waals surface area contributed by atoms with Crippen molar-refractivity contribution in [3.05, 3.63) is 84.2 Å². The van der Waals surface area contributed by atoms with E-state index in [0.29, 0.717) is 11.7 Å². The van der Waals surface area contributed by atoms with Crippen molar-refractivity contribution < 1.29 is 4.39 Å². The fraction of sp³-hybridized carbons (Fsp3) is 0.375. The van der Waals surface area contributed by atoms with Crippen LogP contribution < -0.4 is 0 Å². The van der Waals surface area contributed by atoms with Crippen LogP contribution in [0.1, 0.15) is 31.0 Å². The summed E-state index contributed by atoms with van der Waals surface area (Å²) in [6.07, 6.45) is 8.21. The van der Waals surface area contributed by atoms with Crippen LogP contribution in [0.5, 0.6) is 0 Å². The van der Waals surface area contributed by atoms with E-state index in [0.717, 1.165) is 31.9 Å². The fourth-order valence-electron chi connectivity index (χ4n) is 4.41. The van der Waals surface area contributed by atoms with Gasteiger partial charge in [-0.1, -0.05) is 25.1 Å². The number of aromatic nitrogens is 2. The quantitative estimate of drug-likeness (QED) is 0.564. The highest BCUT2D eigenvalue weighted by Crippen LogP contribution is 2.22. The van der Waals surface area contributed by atoms with E-state index in [1.807, 2.05) is 47.4 Å². The molecule has 4 nitrogen and oxygen atoms in total. The molecular weight excluding hydrogens is 363 g/mol. The number of hydrogen-bond acceptors (Lipinski definition) is 3. The zero-order valence-corrected chi connectivity index (χ0v) is 17.0. The molecule has 1 saturated heterocycles. The number of rotatable bonds is 8. The summed E-state index contributed by atoms with van der Waals surface area (Å²) in [6.45, 7) is 7.14. The van der Waals surface area contributed by atoms with Gasteiger partial charge in [-0.25, -0.2) is 4.39 Å². The van der Waals surface area contributed by atoms with Crippen LogP contribution in [0.15, 0.2) is 67.1 Å². The third-order valence-corrected chi connectivity index (χ3v) is 5.83. The van der Waals surface area contributed by atoms with Gasteiger partial charge in [0.15, 0.2) is 0 Å². The van der Waals surface area contributed by atoms with Crippen molar-refractivity contribution in [2.24, 2.45) is 0 Å². The number of halogens is 1. The van der Waals surface area contributed by atoms with Gasteiger partial charge in [-0.2, -0.15) is 0 Å². The van der Waals surface area contributed by atoms with Crippen LogP contribution in [0.4, 0.5) is 4.39 Å². The predicted octanol–water partition coefficient (Wildman–Crippen LogP) is 4.50. The van der Waals surface area contributed by atoms with Gasteiger partial charge in [-0.05, 0) is 61.8 Å². The Morgan fingerprint density at radius 2 is 2.00 bits per heavy atom. The molecule has 3 heterocycles. The summed E-state index contributed by atoms with van der Waals surface area (Å²) in [7, 11) is 0. The summed E-state index contributed by atoms with van der Waals surface area (Å²) in [5.74, 6) is -0.197. The predicted molar refractivity (Wildman–Crippen MR) is 114 cm³/mol. The first-order chi connectivity index (χ1) is 14.2. The topological polar surface area (TPSA) is 24.3 Å².